The van der Waals surface area contributed by atoms with Crippen LogP contribution in [0.1, 0.15) is 53.7 Å². The third-order valence-corrected chi connectivity index (χ3v) is 8.62. The number of Topliss-reactive ketones (excluding diaryl/α,β-unsaturated/α-hetero) is 1. The van der Waals surface area contributed by atoms with Gasteiger partial charge in [0.25, 0.3) is 5.91 Å². The van der Waals surface area contributed by atoms with Gasteiger partial charge in [-0.2, -0.15) is 0 Å². The average Bonchev–Trinajstić information content (AvgIpc) is 3.37. The highest BCUT2D eigenvalue weighted by Crippen LogP contribution is 2.50. The number of aromatic nitrogens is 1. The number of nitrogens with zero attached hydrogens (tertiary/aromatic N) is 2. The molecule has 2 aromatic rings. The van der Waals surface area contributed by atoms with E-state index >= 15 is 0 Å². The summed E-state index contributed by atoms with van der Waals surface area (Å²) < 4.78 is 16.6. The van der Waals surface area contributed by atoms with Crippen molar-refractivity contribution in [3.8, 4) is 5.75 Å². The first kappa shape index (κ1) is 23.5. The second-order valence-corrected chi connectivity index (χ2v) is 10.5. The molecule has 0 N–H and O–H groups in total. The van der Waals surface area contributed by atoms with Crippen molar-refractivity contribution in [2.45, 2.75) is 45.8 Å². The van der Waals surface area contributed by atoms with E-state index in [0.717, 1.165) is 24.2 Å². The summed E-state index contributed by atoms with van der Waals surface area (Å²) in [6.45, 7) is 6.02. The Morgan fingerprint density at radius 2 is 1.91 bits per heavy atom. The van der Waals surface area contributed by atoms with E-state index in [1.165, 1.54) is 12.0 Å². The van der Waals surface area contributed by atoms with Crippen molar-refractivity contribution in [1.82, 2.24) is 4.98 Å². The van der Waals surface area contributed by atoms with E-state index in [0.29, 0.717) is 44.4 Å². The summed E-state index contributed by atoms with van der Waals surface area (Å²) in [4.78, 5) is 46.3. The summed E-state index contributed by atoms with van der Waals surface area (Å²) >= 11 is 1.07. The van der Waals surface area contributed by atoms with Gasteiger partial charge in [-0.15, -0.1) is 0 Å². The third kappa shape index (κ3) is 3.73. The quantitative estimate of drug-likeness (QED) is 0.585. The maximum absolute atomic E-state index is 13.9. The van der Waals surface area contributed by atoms with Crippen LogP contribution in [-0.2, 0) is 19.1 Å². The van der Waals surface area contributed by atoms with Crippen molar-refractivity contribution in [2.24, 2.45) is 17.8 Å². The largest absolute Gasteiger partial charge is 0.497 e. The standard InChI is InChI=1S/C26H28N2O6S/c1-12-9-17-18(10-13(12)2)34-22-19(21(17)29)20(15-7-6-8-16(11-15)32-4)28(24(22)30)26-27-14(3)23(35-26)25(31)33-5/h6-8,11-13,17-18,20H,9-10H2,1-5H3. The molecule has 5 rings (SSSR count). The Kier molecular flexibility index (Phi) is 5.91. The van der Waals surface area contributed by atoms with Crippen LogP contribution in [-0.4, -0.2) is 43.0 Å². The summed E-state index contributed by atoms with van der Waals surface area (Å²) in [5.74, 6) is 0.224. The number of rotatable bonds is 4. The summed E-state index contributed by atoms with van der Waals surface area (Å²) in [5.41, 5.74) is 1.53. The van der Waals surface area contributed by atoms with E-state index in [4.69, 9.17) is 14.2 Å². The number of benzene rings is 1. The molecule has 35 heavy (non-hydrogen) atoms. The molecule has 0 saturated heterocycles. The molecule has 3 heterocycles. The van der Waals surface area contributed by atoms with Crippen molar-refractivity contribution in [3.05, 3.63) is 51.7 Å². The monoisotopic (exact) mass is 496 g/mol. The molecule has 1 aliphatic carbocycles. The lowest BCUT2D eigenvalue weighted by Gasteiger charge is -2.40. The zero-order chi connectivity index (χ0) is 25.0. The molecule has 0 radical (unpaired) electrons. The highest BCUT2D eigenvalue weighted by Gasteiger charge is 2.54. The summed E-state index contributed by atoms with van der Waals surface area (Å²) in [6, 6.07) is 6.57. The van der Waals surface area contributed by atoms with Gasteiger partial charge in [0, 0.05) is 0 Å². The van der Waals surface area contributed by atoms with Crippen molar-refractivity contribution >= 4 is 34.1 Å². The highest BCUT2D eigenvalue weighted by molar-refractivity contribution is 7.17. The molecule has 1 aromatic heterocycles. The minimum atomic E-state index is -0.730. The van der Waals surface area contributed by atoms with E-state index in [1.54, 1.807) is 14.0 Å². The fourth-order valence-corrected chi connectivity index (χ4v) is 6.36. The zero-order valence-electron chi connectivity index (χ0n) is 20.4. The van der Waals surface area contributed by atoms with E-state index < -0.39 is 17.9 Å². The van der Waals surface area contributed by atoms with Crippen LogP contribution in [0.4, 0.5) is 5.13 Å². The van der Waals surface area contributed by atoms with Gasteiger partial charge in [0.1, 0.15) is 16.7 Å². The maximum Gasteiger partial charge on any atom is 0.350 e. The Labute approximate surface area is 207 Å². The van der Waals surface area contributed by atoms with Gasteiger partial charge in [-0.25, -0.2) is 9.78 Å². The van der Waals surface area contributed by atoms with Crippen molar-refractivity contribution in [1.29, 1.82) is 0 Å². The van der Waals surface area contributed by atoms with Gasteiger partial charge in [-0.1, -0.05) is 37.3 Å². The molecule has 0 bridgehead atoms. The predicted molar refractivity (Wildman–Crippen MR) is 129 cm³/mol. The van der Waals surface area contributed by atoms with Gasteiger partial charge in [-0.05, 0) is 49.3 Å². The molecule has 3 aliphatic rings. The average molecular weight is 497 g/mol. The summed E-state index contributed by atoms with van der Waals surface area (Å²) in [7, 11) is 2.87. The number of carbonyl (C=O) groups excluding carboxylic acids is 3. The molecule has 1 saturated carbocycles. The number of fused-ring (bicyclic) bond motifs is 1. The Balaban J connectivity index is 1.64. The van der Waals surface area contributed by atoms with Crippen LogP contribution in [0.15, 0.2) is 35.6 Å². The molecule has 2 aliphatic heterocycles. The molecule has 1 aromatic carbocycles. The number of ketones is 1. The van der Waals surface area contributed by atoms with Crippen molar-refractivity contribution < 1.29 is 28.6 Å². The number of carbonyl (C=O) groups is 3. The molecule has 1 fully saturated rings. The number of hydrogen-bond donors (Lipinski definition) is 0. The lowest BCUT2D eigenvalue weighted by atomic mass is 9.70. The van der Waals surface area contributed by atoms with E-state index in [-0.39, 0.29) is 23.6 Å². The first-order valence-electron chi connectivity index (χ1n) is 11.7. The highest BCUT2D eigenvalue weighted by atomic mass is 32.1. The van der Waals surface area contributed by atoms with Crippen LogP contribution in [0.5, 0.6) is 5.75 Å². The third-order valence-electron chi connectivity index (χ3n) is 7.48. The SMILES string of the molecule is COC(=O)c1sc(N2C(=O)C3=C(C(=O)C4CC(C)C(C)CC4O3)C2c2cccc(OC)c2)nc1C. The minimum Gasteiger partial charge on any atom is -0.497 e. The van der Waals surface area contributed by atoms with E-state index in [2.05, 4.69) is 18.8 Å². The van der Waals surface area contributed by atoms with Crippen LogP contribution < -0.4 is 9.64 Å². The summed E-state index contributed by atoms with van der Waals surface area (Å²) in [5, 5.41) is 0.316. The summed E-state index contributed by atoms with van der Waals surface area (Å²) in [6.07, 6.45) is 1.14. The van der Waals surface area contributed by atoms with Gasteiger partial charge in [0.05, 0.1) is 37.4 Å². The molecular weight excluding hydrogens is 468 g/mol. The van der Waals surface area contributed by atoms with Crippen LogP contribution in [0.2, 0.25) is 0 Å². The van der Waals surface area contributed by atoms with Crippen molar-refractivity contribution in [3.63, 3.8) is 0 Å². The normalized spacial score (nSPS) is 27.9. The molecule has 5 atom stereocenters. The lowest BCUT2D eigenvalue weighted by molar-refractivity contribution is -0.134. The number of esters is 1. The number of anilines is 1. The Morgan fingerprint density at radius 1 is 1.17 bits per heavy atom. The van der Waals surface area contributed by atoms with Gasteiger partial charge in [-0.3, -0.25) is 14.5 Å². The van der Waals surface area contributed by atoms with Gasteiger partial charge >= 0.3 is 5.97 Å². The van der Waals surface area contributed by atoms with Crippen LogP contribution in [0.25, 0.3) is 0 Å². The van der Waals surface area contributed by atoms with Crippen LogP contribution >= 0.6 is 11.3 Å². The Bertz CT molecular complexity index is 1250. The molecule has 5 unspecified atom stereocenters. The number of amides is 1. The smallest absolute Gasteiger partial charge is 0.350 e. The molecule has 0 spiro atoms. The minimum absolute atomic E-state index is 0.0415. The van der Waals surface area contributed by atoms with E-state index in [9.17, 15) is 14.4 Å². The Hall–Kier alpha value is -3.20. The van der Waals surface area contributed by atoms with Crippen molar-refractivity contribution in [2.75, 3.05) is 19.1 Å². The topological polar surface area (TPSA) is 95.0 Å². The van der Waals surface area contributed by atoms with Gasteiger partial charge in [0.15, 0.2) is 16.7 Å². The van der Waals surface area contributed by atoms with Gasteiger partial charge in [0.2, 0.25) is 0 Å². The zero-order valence-corrected chi connectivity index (χ0v) is 21.2. The fourth-order valence-electron chi connectivity index (χ4n) is 5.35. The molecular formula is C26H28N2O6S. The maximum atomic E-state index is 13.9. The van der Waals surface area contributed by atoms with E-state index in [1.807, 2.05) is 24.3 Å². The first-order chi connectivity index (χ1) is 16.7. The number of ether oxygens (including phenoxy) is 3. The number of thiazole rings is 1. The molecule has 1 amide bonds. The first-order valence-corrected chi connectivity index (χ1v) is 12.5. The number of aryl methyl sites for hydroxylation is 1. The molecule has 184 valence electrons. The number of hydrogen-bond acceptors (Lipinski definition) is 8. The Morgan fingerprint density at radius 3 is 2.63 bits per heavy atom. The lowest BCUT2D eigenvalue weighted by Crippen LogP contribution is -2.43. The second-order valence-electron chi connectivity index (χ2n) is 9.55. The van der Waals surface area contributed by atoms with Crippen LogP contribution in [0, 0.1) is 24.7 Å². The van der Waals surface area contributed by atoms with Crippen LogP contribution in [0.3, 0.4) is 0 Å². The predicted octanol–water partition coefficient (Wildman–Crippen LogP) is 4.24. The fraction of sp³-hybridized carbons (Fsp3) is 0.462. The molecule has 9 heteroatoms. The number of methoxy groups -OCH3 is 2. The second kappa shape index (κ2) is 8.78. The van der Waals surface area contributed by atoms with Gasteiger partial charge < -0.3 is 14.2 Å². The molecule has 8 nitrogen and oxygen atoms in total.